The van der Waals surface area contributed by atoms with Crippen LogP contribution in [0.15, 0.2) is 27.6 Å². The molecule has 4 nitrogen and oxygen atoms in total. The van der Waals surface area contributed by atoms with Crippen LogP contribution in [-0.4, -0.2) is 22.0 Å². The van der Waals surface area contributed by atoms with E-state index in [0.29, 0.717) is 17.6 Å². The summed E-state index contributed by atoms with van der Waals surface area (Å²) in [5.41, 5.74) is 0.933. The largest absolute Gasteiger partial charge is 0.316 e. The van der Waals surface area contributed by atoms with E-state index in [9.17, 15) is 8.42 Å². The highest BCUT2D eigenvalue weighted by Gasteiger charge is 2.16. The molecule has 1 rings (SSSR count). The van der Waals surface area contributed by atoms with Crippen molar-refractivity contribution in [1.82, 2.24) is 10.0 Å². The first-order valence-electron chi connectivity index (χ1n) is 4.94. The summed E-state index contributed by atoms with van der Waals surface area (Å²) in [4.78, 5) is 0.280. The van der Waals surface area contributed by atoms with Crippen molar-refractivity contribution in [3.05, 3.63) is 28.2 Å². The molecule has 0 radical (unpaired) electrons. The van der Waals surface area contributed by atoms with Crippen molar-refractivity contribution in [2.24, 2.45) is 0 Å². The third kappa shape index (κ3) is 3.28. The number of halogens is 1. The van der Waals surface area contributed by atoms with Gasteiger partial charge in [0.15, 0.2) is 0 Å². The molecule has 16 heavy (non-hydrogen) atoms. The van der Waals surface area contributed by atoms with Crippen LogP contribution in [0, 0.1) is 0 Å². The van der Waals surface area contributed by atoms with Gasteiger partial charge in [-0.05, 0) is 40.7 Å². The molecule has 0 saturated heterocycles. The van der Waals surface area contributed by atoms with E-state index in [-0.39, 0.29) is 4.90 Å². The lowest BCUT2D eigenvalue weighted by Gasteiger charge is -2.09. The summed E-state index contributed by atoms with van der Waals surface area (Å²) in [7, 11) is -1.59. The number of benzene rings is 1. The van der Waals surface area contributed by atoms with Gasteiger partial charge < -0.3 is 5.32 Å². The van der Waals surface area contributed by atoms with Gasteiger partial charge >= 0.3 is 0 Å². The zero-order valence-electron chi connectivity index (χ0n) is 9.25. The van der Waals surface area contributed by atoms with Crippen LogP contribution < -0.4 is 10.0 Å². The quantitative estimate of drug-likeness (QED) is 0.866. The molecule has 1 aromatic rings. The highest BCUT2D eigenvalue weighted by Crippen LogP contribution is 2.22. The fourth-order valence-corrected chi connectivity index (χ4v) is 3.39. The smallest absolute Gasteiger partial charge is 0.241 e. The number of hydrogen-bond acceptors (Lipinski definition) is 3. The molecule has 6 heteroatoms. The Balaban J connectivity index is 3.16. The molecule has 0 unspecified atom stereocenters. The van der Waals surface area contributed by atoms with Gasteiger partial charge in [-0.25, -0.2) is 13.1 Å². The fourth-order valence-electron chi connectivity index (χ4n) is 1.34. The van der Waals surface area contributed by atoms with Gasteiger partial charge in [0.05, 0.1) is 4.90 Å². The average Bonchev–Trinajstić information content (AvgIpc) is 2.21. The molecule has 0 saturated carbocycles. The molecule has 0 aromatic heterocycles. The van der Waals surface area contributed by atoms with Gasteiger partial charge in [-0.15, -0.1) is 0 Å². The minimum absolute atomic E-state index is 0.280. The molecule has 0 bridgehead atoms. The second-order valence-electron chi connectivity index (χ2n) is 3.30. The molecule has 0 fully saturated rings. The third-order valence-electron chi connectivity index (χ3n) is 2.00. The third-order valence-corrected chi connectivity index (χ3v) is 4.54. The van der Waals surface area contributed by atoms with Gasteiger partial charge in [-0.2, -0.15) is 0 Å². The summed E-state index contributed by atoms with van der Waals surface area (Å²) in [5.74, 6) is 0. The summed E-state index contributed by atoms with van der Waals surface area (Å²) < 4.78 is 26.7. The zero-order valence-corrected chi connectivity index (χ0v) is 11.7. The van der Waals surface area contributed by atoms with E-state index >= 15 is 0 Å². The minimum Gasteiger partial charge on any atom is -0.316 e. The van der Waals surface area contributed by atoms with Gasteiger partial charge in [0.1, 0.15) is 0 Å². The maximum Gasteiger partial charge on any atom is 0.241 e. The molecule has 0 amide bonds. The van der Waals surface area contributed by atoms with E-state index in [2.05, 4.69) is 26.0 Å². The van der Waals surface area contributed by atoms with Crippen LogP contribution in [0.2, 0.25) is 0 Å². The molecular weight excluding hydrogens is 292 g/mol. The maximum atomic E-state index is 11.8. The second kappa shape index (κ2) is 5.77. The van der Waals surface area contributed by atoms with Crippen LogP contribution in [-0.2, 0) is 16.6 Å². The lowest BCUT2D eigenvalue weighted by Crippen LogP contribution is -2.23. The van der Waals surface area contributed by atoms with Crippen molar-refractivity contribution in [1.29, 1.82) is 0 Å². The van der Waals surface area contributed by atoms with Crippen LogP contribution in [0.25, 0.3) is 0 Å². The van der Waals surface area contributed by atoms with Gasteiger partial charge in [0, 0.05) is 17.6 Å². The normalized spacial score (nSPS) is 11.7. The molecular formula is C10H15BrN2O2S. The van der Waals surface area contributed by atoms with Crippen LogP contribution in [0.1, 0.15) is 12.5 Å². The molecule has 0 aliphatic carbocycles. The van der Waals surface area contributed by atoms with E-state index in [0.717, 1.165) is 5.56 Å². The number of nitrogens with one attached hydrogen (secondary N) is 2. The van der Waals surface area contributed by atoms with Crippen molar-refractivity contribution < 1.29 is 8.42 Å². The Bertz CT molecular complexity index is 460. The lowest BCUT2D eigenvalue weighted by molar-refractivity contribution is 0.583. The molecule has 0 aliphatic heterocycles. The monoisotopic (exact) mass is 306 g/mol. The van der Waals surface area contributed by atoms with Crippen molar-refractivity contribution in [3.63, 3.8) is 0 Å². The van der Waals surface area contributed by atoms with Gasteiger partial charge in [0.2, 0.25) is 10.0 Å². The van der Waals surface area contributed by atoms with E-state index in [1.54, 1.807) is 19.1 Å². The fraction of sp³-hybridized carbons (Fsp3) is 0.400. The second-order valence-corrected chi connectivity index (χ2v) is 5.89. The van der Waals surface area contributed by atoms with Gasteiger partial charge in [-0.1, -0.05) is 13.0 Å². The summed E-state index contributed by atoms with van der Waals surface area (Å²) in [6, 6.07) is 5.29. The Morgan fingerprint density at radius 3 is 2.62 bits per heavy atom. The topological polar surface area (TPSA) is 58.2 Å². The van der Waals surface area contributed by atoms with E-state index in [1.807, 2.05) is 13.1 Å². The SMILES string of the molecule is CCNS(=O)(=O)c1cc(CNC)ccc1Br. The minimum atomic E-state index is -3.41. The Kier molecular flexibility index (Phi) is 4.91. The molecule has 0 spiro atoms. The van der Waals surface area contributed by atoms with Crippen LogP contribution in [0.3, 0.4) is 0 Å². The Labute approximate surface area is 105 Å². The molecule has 0 atom stereocenters. The van der Waals surface area contributed by atoms with Crippen LogP contribution >= 0.6 is 15.9 Å². The predicted octanol–water partition coefficient (Wildman–Crippen LogP) is 1.47. The molecule has 0 aliphatic rings. The molecule has 1 aromatic carbocycles. The first kappa shape index (κ1) is 13.6. The van der Waals surface area contributed by atoms with Crippen LogP contribution in [0.5, 0.6) is 0 Å². The molecule has 0 heterocycles. The Hall–Kier alpha value is -0.430. The lowest BCUT2D eigenvalue weighted by atomic mass is 10.2. The highest BCUT2D eigenvalue weighted by atomic mass is 79.9. The highest BCUT2D eigenvalue weighted by molar-refractivity contribution is 9.10. The Morgan fingerprint density at radius 1 is 1.38 bits per heavy atom. The average molecular weight is 307 g/mol. The van der Waals surface area contributed by atoms with Gasteiger partial charge in [-0.3, -0.25) is 0 Å². The van der Waals surface area contributed by atoms with Crippen molar-refractivity contribution in [3.8, 4) is 0 Å². The standard InChI is InChI=1S/C10H15BrN2O2S/c1-3-13-16(14,15)10-6-8(7-12-2)4-5-9(10)11/h4-6,12-13H,3,7H2,1-2H3. The number of rotatable bonds is 5. The molecule has 90 valence electrons. The molecule has 2 N–H and O–H groups in total. The first-order chi connectivity index (χ1) is 7.51. The van der Waals surface area contributed by atoms with Crippen molar-refractivity contribution in [2.45, 2.75) is 18.4 Å². The maximum absolute atomic E-state index is 11.8. The van der Waals surface area contributed by atoms with Gasteiger partial charge in [0.25, 0.3) is 0 Å². The summed E-state index contributed by atoms with van der Waals surface area (Å²) in [5, 5.41) is 2.98. The van der Waals surface area contributed by atoms with Crippen molar-refractivity contribution in [2.75, 3.05) is 13.6 Å². The summed E-state index contributed by atoms with van der Waals surface area (Å²) in [6.07, 6.45) is 0. The number of sulfonamides is 1. The zero-order chi connectivity index (χ0) is 12.2. The Morgan fingerprint density at radius 2 is 2.06 bits per heavy atom. The summed E-state index contributed by atoms with van der Waals surface area (Å²) >= 11 is 3.25. The predicted molar refractivity (Wildman–Crippen MR) is 67.8 cm³/mol. The van der Waals surface area contributed by atoms with E-state index in [4.69, 9.17) is 0 Å². The first-order valence-corrected chi connectivity index (χ1v) is 7.21. The van der Waals surface area contributed by atoms with Crippen LogP contribution in [0.4, 0.5) is 0 Å². The van der Waals surface area contributed by atoms with E-state index < -0.39 is 10.0 Å². The number of hydrogen-bond donors (Lipinski definition) is 2. The van der Waals surface area contributed by atoms with Crippen molar-refractivity contribution >= 4 is 26.0 Å². The summed E-state index contributed by atoms with van der Waals surface area (Å²) in [6.45, 7) is 2.77. The van der Waals surface area contributed by atoms with E-state index in [1.165, 1.54) is 0 Å².